The highest BCUT2D eigenvalue weighted by molar-refractivity contribution is 5.85. The molecule has 0 saturated heterocycles. The number of phenols is 2. The van der Waals surface area contributed by atoms with E-state index in [1.165, 1.54) is 30.0 Å². The van der Waals surface area contributed by atoms with Crippen molar-refractivity contribution in [2.75, 3.05) is 0 Å². The van der Waals surface area contributed by atoms with E-state index in [0.29, 0.717) is 12.0 Å². The molecule has 0 aliphatic heterocycles. The Kier molecular flexibility index (Phi) is 5.54. The average molecular weight is 298 g/mol. The minimum absolute atomic E-state index is 0.0282. The second-order valence-corrected chi connectivity index (χ2v) is 4.88. The molecule has 0 radical (unpaired) electrons. The van der Waals surface area contributed by atoms with Gasteiger partial charge in [0.15, 0.2) is 0 Å². The number of nitrogens with zero attached hydrogens (tertiary/aromatic N) is 1. The molecule has 0 aliphatic carbocycles. The monoisotopic (exact) mass is 298 g/mol. The molecule has 0 spiro atoms. The molecule has 0 aliphatic rings. The predicted molar refractivity (Wildman–Crippen MR) is 84.9 cm³/mol. The summed E-state index contributed by atoms with van der Waals surface area (Å²) in [5.74, 6) is -0.299. The van der Waals surface area contributed by atoms with Gasteiger partial charge in [0, 0.05) is 18.1 Å². The van der Waals surface area contributed by atoms with E-state index in [2.05, 4.69) is 10.5 Å². The normalized spacial score (nSPS) is 10.7. The number of rotatable bonds is 6. The topological polar surface area (TPSA) is 81.9 Å². The van der Waals surface area contributed by atoms with Gasteiger partial charge >= 0.3 is 0 Å². The summed E-state index contributed by atoms with van der Waals surface area (Å²) in [6, 6.07) is 14.1. The lowest BCUT2D eigenvalue weighted by Crippen LogP contribution is -2.17. The summed E-state index contributed by atoms with van der Waals surface area (Å²) < 4.78 is 0. The van der Waals surface area contributed by atoms with Crippen molar-refractivity contribution in [2.24, 2.45) is 5.10 Å². The molecule has 0 heterocycles. The number of aromatic hydroxyl groups is 2. The molecule has 2 rings (SSSR count). The molecular formula is C17H18N2O3. The van der Waals surface area contributed by atoms with Gasteiger partial charge in [-0.25, -0.2) is 5.43 Å². The van der Waals surface area contributed by atoms with Crippen molar-refractivity contribution < 1.29 is 15.0 Å². The number of carbonyl (C=O) groups is 1. The minimum Gasteiger partial charge on any atom is -0.508 e. The highest BCUT2D eigenvalue weighted by Crippen LogP contribution is 2.20. The van der Waals surface area contributed by atoms with Gasteiger partial charge in [-0.3, -0.25) is 4.79 Å². The maximum atomic E-state index is 11.6. The Hall–Kier alpha value is -2.82. The average Bonchev–Trinajstić information content (AvgIpc) is 2.50. The van der Waals surface area contributed by atoms with E-state index in [0.717, 1.165) is 12.8 Å². The predicted octanol–water partition coefficient (Wildman–Crippen LogP) is 2.57. The lowest BCUT2D eigenvalue weighted by molar-refractivity contribution is -0.121. The quantitative estimate of drug-likeness (QED) is 0.566. The van der Waals surface area contributed by atoms with Crippen molar-refractivity contribution >= 4 is 12.1 Å². The van der Waals surface area contributed by atoms with Crippen LogP contribution in [0.15, 0.2) is 53.6 Å². The van der Waals surface area contributed by atoms with Gasteiger partial charge < -0.3 is 10.2 Å². The Balaban J connectivity index is 1.74. The van der Waals surface area contributed by atoms with Crippen LogP contribution < -0.4 is 5.43 Å². The fourth-order valence-electron chi connectivity index (χ4n) is 1.97. The van der Waals surface area contributed by atoms with Gasteiger partial charge in [-0.05, 0) is 30.5 Å². The first-order valence-electron chi connectivity index (χ1n) is 7.03. The Labute approximate surface area is 128 Å². The molecule has 2 aromatic rings. The molecule has 0 bridgehead atoms. The van der Waals surface area contributed by atoms with Gasteiger partial charge in [0.05, 0.1) is 6.21 Å². The number of hydrogen-bond donors (Lipinski definition) is 3. The van der Waals surface area contributed by atoms with E-state index in [1.807, 2.05) is 30.3 Å². The van der Waals surface area contributed by atoms with E-state index in [1.54, 1.807) is 0 Å². The van der Waals surface area contributed by atoms with Crippen molar-refractivity contribution in [2.45, 2.75) is 19.3 Å². The summed E-state index contributed by atoms with van der Waals surface area (Å²) in [4.78, 5) is 11.6. The standard InChI is InChI=1S/C17H18N2O3/c20-15-10-9-14(16(21)11-15)12-18-19-17(22)8-4-7-13-5-2-1-3-6-13/h1-3,5-6,9-12,20-21H,4,7-8H2,(H,19,22)/b18-12-. The first kappa shape index (κ1) is 15.6. The molecule has 5 nitrogen and oxygen atoms in total. The van der Waals surface area contributed by atoms with E-state index >= 15 is 0 Å². The van der Waals surface area contributed by atoms with E-state index in [4.69, 9.17) is 5.11 Å². The van der Waals surface area contributed by atoms with Crippen LogP contribution in [-0.2, 0) is 11.2 Å². The number of hydrogen-bond acceptors (Lipinski definition) is 4. The number of amides is 1. The third kappa shape index (κ3) is 4.94. The number of hydrazone groups is 1. The van der Waals surface area contributed by atoms with Crippen molar-refractivity contribution in [1.29, 1.82) is 0 Å². The third-order valence-electron chi connectivity index (χ3n) is 3.12. The number of nitrogens with one attached hydrogen (secondary N) is 1. The number of carbonyl (C=O) groups excluding carboxylic acids is 1. The highest BCUT2D eigenvalue weighted by atomic mass is 16.3. The molecule has 0 saturated carbocycles. The molecule has 2 aromatic carbocycles. The van der Waals surface area contributed by atoms with Crippen molar-refractivity contribution in [1.82, 2.24) is 5.43 Å². The number of phenolic OH excluding ortho intramolecular Hbond substituents is 2. The molecule has 22 heavy (non-hydrogen) atoms. The summed E-state index contributed by atoms with van der Waals surface area (Å²) in [5, 5.41) is 22.5. The van der Waals surface area contributed by atoms with Crippen LogP contribution in [-0.4, -0.2) is 22.3 Å². The second kappa shape index (κ2) is 7.83. The van der Waals surface area contributed by atoms with Gasteiger partial charge in [-0.1, -0.05) is 30.3 Å². The maximum absolute atomic E-state index is 11.6. The van der Waals surface area contributed by atoms with Gasteiger partial charge in [-0.15, -0.1) is 0 Å². The molecule has 0 unspecified atom stereocenters. The maximum Gasteiger partial charge on any atom is 0.240 e. The van der Waals surface area contributed by atoms with Crippen LogP contribution in [0.5, 0.6) is 11.5 Å². The zero-order valence-corrected chi connectivity index (χ0v) is 12.1. The summed E-state index contributed by atoms with van der Waals surface area (Å²) in [5.41, 5.74) is 4.04. The van der Waals surface area contributed by atoms with Gasteiger partial charge in [0.2, 0.25) is 5.91 Å². The smallest absolute Gasteiger partial charge is 0.240 e. The number of benzene rings is 2. The van der Waals surface area contributed by atoms with Crippen LogP contribution >= 0.6 is 0 Å². The van der Waals surface area contributed by atoms with Crippen molar-refractivity contribution in [3.63, 3.8) is 0 Å². The molecular weight excluding hydrogens is 280 g/mol. The fraction of sp³-hybridized carbons (Fsp3) is 0.176. The SMILES string of the molecule is O=C(CCCc1ccccc1)N/N=C\c1ccc(O)cc1O. The molecule has 3 N–H and O–H groups in total. The number of aryl methyl sites for hydroxylation is 1. The van der Waals surface area contributed by atoms with E-state index in [-0.39, 0.29) is 17.4 Å². The Morgan fingerprint density at radius 2 is 1.91 bits per heavy atom. The lowest BCUT2D eigenvalue weighted by atomic mass is 10.1. The second-order valence-electron chi connectivity index (χ2n) is 4.88. The molecule has 1 amide bonds. The fourth-order valence-corrected chi connectivity index (χ4v) is 1.97. The zero-order chi connectivity index (χ0) is 15.8. The largest absolute Gasteiger partial charge is 0.508 e. The van der Waals surface area contributed by atoms with Crippen LogP contribution in [0.1, 0.15) is 24.0 Å². The molecule has 114 valence electrons. The van der Waals surface area contributed by atoms with Crippen LogP contribution in [0, 0.1) is 0 Å². The summed E-state index contributed by atoms with van der Waals surface area (Å²) in [7, 11) is 0. The summed E-state index contributed by atoms with van der Waals surface area (Å²) in [6.45, 7) is 0. The Morgan fingerprint density at radius 1 is 1.14 bits per heavy atom. The van der Waals surface area contributed by atoms with Crippen LogP contribution in [0.2, 0.25) is 0 Å². The van der Waals surface area contributed by atoms with Crippen LogP contribution in [0.4, 0.5) is 0 Å². The Bertz CT molecular complexity index is 654. The van der Waals surface area contributed by atoms with Crippen molar-refractivity contribution in [3.8, 4) is 11.5 Å². The van der Waals surface area contributed by atoms with Crippen LogP contribution in [0.25, 0.3) is 0 Å². The summed E-state index contributed by atoms with van der Waals surface area (Å²) in [6.07, 6.45) is 3.31. The molecule has 0 fully saturated rings. The van der Waals surface area contributed by atoms with Gasteiger partial charge in [0.1, 0.15) is 11.5 Å². The van der Waals surface area contributed by atoms with E-state index in [9.17, 15) is 9.90 Å². The first-order chi connectivity index (χ1) is 10.6. The van der Waals surface area contributed by atoms with E-state index < -0.39 is 0 Å². The minimum atomic E-state index is -0.176. The highest BCUT2D eigenvalue weighted by Gasteiger charge is 2.01. The Morgan fingerprint density at radius 3 is 2.64 bits per heavy atom. The third-order valence-corrected chi connectivity index (χ3v) is 3.12. The van der Waals surface area contributed by atoms with Gasteiger partial charge in [0.25, 0.3) is 0 Å². The van der Waals surface area contributed by atoms with Crippen LogP contribution in [0.3, 0.4) is 0 Å². The summed E-state index contributed by atoms with van der Waals surface area (Å²) >= 11 is 0. The van der Waals surface area contributed by atoms with Crippen molar-refractivity contribution in [3.05, 3.63) is 59.7 Å². The first-order valence-corrected chi connectivity index (χ1v) is 7.03. The lowest BCUT2D eigenvalue weighted by Gasteiger charge is -2.02. The molecule has 0 atom stereocenters. The molecule has 5 heteroatoms. The molecule has 0 aromatic heterocycles. The zero-order valence-electron chi connectivity index (χ0n) is 12.1. The van der Waals surface area contributed by atoms with Gasteiger partial charge in [-0.2, -0.15) is 5.10 Å².